The van der Waals surface area contributed by atoms with Gasteiger partial charge in [0.2, 0.25) is 17.8 Å². The lowest BCUT2D eigenvalue weighted by molar-refractivity contribution is -0.138. The van der Waals surface area contributed by atoms with Crippen molar-refractivity contribution in [2.45, 2.75) is 95.3 Å². The maximum atomic E-state index is 14.4. The normalized spacial score (nSPS) is 23.6. The van der Waals surface area contributed by atoms with E-state index in [1.54, 1.807) is 11.0 Å². The minimum absolute atomic E-state index is 0.0552. The fourth-order valence-corrected chi connectivity index (χ4v) is 8.52. The first-order valence-corrected chi connectivity index (χ1v) is 20.5. The van der Waals surface area contributed by atoms with E-state index < -0.39 is 23.6 Å². The van der Waals surface area contributed by atoms with Crippen molar-refractivity contribution in [1.82, 2.24) is 29.9 Å². The molecular formula is C40H53F4N9O2S. The van der Waals surface area contributed by atoms with E-state index in [4.69, 9.17) is 0 Å². The van der Waals surface area contributed by atoms with Crippen LogP contribution in [-0.2, 0) is 15.8 Å². The first-order valence-electron chi connectivity index (χ1n) is 19.7. The van der Waals surface area contributed by atoms with Crippen LogP contribution in [0, 0.1) is 24.6 Å². The third-order valence-electron chi connectivity index (χ3n) is 11.2. The van der Waals surface area contributed by atoms with Gasteiger partial charge in [-0.25, -0.2) is 14.4 Å². The highest BCUT2D eigenvalue weighted by Gasteiger charge is 2.38. The molecule has 304 valence electrons. The number of piperazine rings is 1. The Kier molecular flexibility index (Phi) is 13.7. The van der Waals surface area contributed by atoms with Crippen molar-refractivity contribution in [2.75, 3.05) is 61.4 Å². The topological polar surface area (TPSA) is 119 Å². The Hall–Kier alpha value is -4.02. The second-order valence-corrected chi connectivity index (χ2v) is 16.6. The summed E-state index contributed by atoms with van der Waals surface area (Å²) in [6.07, 6.45) is 3.72. The maximum absolute atomic E-state index is 14.4. The monoisotopic (exact) mass is 799 g/mol. The van der Waals surface area contributed by atoms with Crippen LogP contribution in [0.15, 0.2) is 41.6 Å². The van der Waals surface area contributed by atoms with Gasteiger partial charge in [-0.15, -0.1) is 0 Å². The van der Waals surface area contributed by atoms with Crippen LogP contribution >= 0.6 is 11.9 Å². The predicted octanol–water partition coefficient (Wildman–Crippen LogP) is 7.45. The van der Waals surface area contributed by atoms with Gasteiger partial charge in [0.1, 0.15) is 22.2 Å². The number of hydrogen-bond donors (Lipinski definition) is 3. The SMILES string of the molecule is CN1CCN(c2ccc(C3CCC(=O)NC3=O)c(F)c2)CC1.Cc1nc(SNC2CCC(C)CC2)ccc1Nc1ncc(C(F)(F)F)c(N2CCCC(C)C2)n1. The summed E-state index contributed by atoms with van der Waals surface area (Å²) < 4.78 is 58.9. The summed E-state index contributed by atoms with van der Waals surface area (Å²) in [6, 6.07) is 9.33. The Labute approximate surface area is 330 Å². The number of halogens is 4. The Morgan fingerprint density at radius 3 is 2.30 bits per heavy atom. The van der Waals surface area contributed by atoms with Crippen LogP contribution < -0.4 is 25.2 Å². The molecular weight excluding hydrogens is 747 g/mol. The molecule has 1 saturated carbocycles. The van der Waals surface area contributed by atoms with Crippen molar-refractivity contribution in [1.29, 1.82) is 0 Å². The highest BCUT2D eigenvalue weighted by atomic mass is 32.2. The first-order chi connectivity index (χ1) is 26.7. The molecule has 11 nitrogen and oxygen atoms in total. The Balaban J connectivity index is 0.000000208. The van der Waals surface area contributed by atoms with Gasteiger partial charge in [0, 0.05) is 69.2 Å². The van der Waals surface area contributed by atoms with Gasteiger partial charge in [-0.1, -0.05) is 19.9 Å². The number of aromatic nitrogens is 3. The average Bonchev–Trinajstić information content (AvgIpc) is 3.16. The zero-order valence-corrected chi connectivity index (χ0v) is 33.4. The van der Waals surface area contributed by atoms with Gasteiger partial charge in [-0.3, -0.25) is 19.6 Å². The highest BCUT2D eigenvalue weighted by Crippen LogP contribution is 2.37. The number of pyridine rings is 1. The van der Waals surface area contributed by atoms with Crippen LogP contribution in [0.2, 0.25) is 0 Å². The number of nitrogens with one attached hydrogen (secondary N) is 3. The van der Waals surface area contributed by atoms with Gasteiger partial charge in [0.05, 0.1) is 17.3 Å². The van der Waals surface area contributed by atoms with E-state index in [9.17, 15) is 27.2 Å². The zero-order chi connectivity index (χ0) is 40.0. The van der Waals surface area contributed by atoms with Crippen molar-refractivity contribution >= 4 is 46.9 Å². The molecule has 2 amide bonds. The van der Waals surface area contributed by atoms with E-state index in [2.05, 4.69) is 61.0 Å². The third kappa shape index (κ3) is 10.9. The summed E-state index contributed by atoms with van der Waals surface area (Å²) in [4.78, 5) is 42.1. The number of hydrogen-bond acceptors (Lipinski definition) is 11. The molecule has 5 heterocycles. The molecule has 1 aromatic carbocycles. The van der Waals surface area contributed by atoms with Crippen LogP contribution in [0.25, 0.3) is 0 Å². The van der Waals surface area contributed by atoms with Crippen molar-refractivity contribution in [2.24, 2.45) is 11.8 Å². The number of aryl methyl sites for hydroxylation is 1. The molecule has 0 radical (unpaired) electrons. The lowest BCUT2D eigenvalue weighted by Crippen LogP contribution is -2.44. The van der Waals surface area contributed by atoms with Gasteiger partial charge in [0.15, 0.2) is 0 Å². The fraction of sp³-hybridized carbons (Fsp3) is 0.575. The minimum Gasteiger partial charge on any atom is -0.369 e. The largest absolute Gasteiger partial charge is 0.421 e. The highest BCUT2D eigenvalue weighted by molar-refractivity contribution is 7.97. The standard InChI is InChI=1S/C24H33F3N6S.C16H20FN3O2/c1-15-6-8-18(9-7-15)32-34-21-11-10-20(17(3)29-21)30-23-28-13-19(24(25,26)27)22(31-23)33-12-4-5-16(2)14-33;1-19-6-8-20(9-7-19)11-2-3-12(14(17)10-11)13-4-5-15(21)18-16(13)22/h10-11,13,15-16,18,32H,4-9,12,14H2,1-3H3,(H,28,30,31);2-3,10,13H,4-9H2,1H3,(H,18,21,22). The van der Waals surface area contributed by atoms with E-state index in [-0.39, 0.29) is 29.9 Å². The number of anilines is 4. The molecule has 56 heavy (non-hydrogen) atoms. The summed E-state index contributed by atoms with van der Waals surface area (Å²) >= 11 is 1.53. The summed E-state index contributed by atoms with van der Waals surface area (Å²) in [5, 5.41) is 6.21. The lowest BCUT2D eigenvalue weighted by Gasteiger charge is -2.34. The molecule has 0 bridgehead atoms. The zero-order valence-electron chi connectivity index (χ0n) is 32.6. The van der Waals surface area contributed by atoms with Gasteiger partial charge < -0.3 is 20.0 Å². The molecule has 3 N–H and O–H groups in total. The molecule has 4 aliphatic rings. The average molecular weight is 800 g/mol. The van der Waals surface area contributed by atoms with Crippen molar-refractivity contribution in [3.63, 3.8) is 0 Å². The number of piperidine rings is 2. The fourth-order valence-electron chi connectivity index (χ4n) is 7.68. The molecule has 0 spiro atoms. The molecule has 1 aliphatic carbocycles. The van der Waals surface area contributed by atoms with E-state index in [1.807, 2.05) is 25.1 Å². The Morgan fingerprint density at radius 2 is 1.64 bits per heavy atom. The number of benzene rings is 1. The molecule has 2 atom stereocenters. The van der Waals surface area contributed by atoms with Gasteiger partial charge in [0.25, 0.3) is 0 Å². The number of alkyl halides is 3. The summed E-state index contributed by atoms with van der Waals surface area (Å²) in [5.41, 5.74) is 1.84. The van der Waals surface area contributed by atoms with Crippen LogP contribution in [0.1, 0.15) is 88.0 Å². The Morgan fingerprint density at radius 1 is 0.893 bits per heavy atom. The van der Waals surface area contributed by atoms with Gasteiger partial charge in [-0.2, -0.15) is 18.2 Å². The molecule has 2 aromatic heterocycles. The number of likely N-dealkylation sites (N-methyl/N-ethyl adjacent to an activating group) is 1. The quantitative estimate of drug-likeness (QED) is 0.120. The van der Waals surface area contributed by atoms with E-state index in [0.717, 1.165) is 67.5 Å². The van der Waals surface area contributed by atoms with Crippen molar-refractivity contribution < 1.29 is 27.2 Å². The molecule has 3 saturated heterocycles. The molecule has 4 fully saturated rings. The number of carbonyl (C=O) groups is 2. The maximum Gasteiger partial charge on any atom is 0.421 e. The van der Waals surface area contributed by atoms with Crippen molar-refractivity contribution in [3.8, 4) is 0 Å². The summed E-state index contributed by atoms with van der Waals surface area (Å²) in [7, 11) is 2.07. The van der Waals surface area contributed by atoms with Gasteiger partial charge >= 0.3 is 6.18 Å². The van der Waals surface area contributed by atoms with E-state index in [1.165, 1.54) is 43.7 Å². The third-order valence-corrected chi connectivity index (χ3v) is 12.0. The van der Waals surface area contributed by atoms with Crippen molar-refractivity contribution in [3.05, 3.63) is 59.2 Å². The second kappa shape index (κ2) is 18.5. The van der Waals surface area contributed by atoms with Crippen LogP contribution in [-0.4, -0.2) is 84.0 Å². The first kappa shape index (κ1) is 41.6. The predicted molar refractivity (Wildman–Crippen MR) is 212 cm³/mol. The molecule has 3 aromatic rings. The van der Waals surface area contributed by atoms with E-state index >= 15 is 0 Å². The number of amides is 2. The number of rotatable bonds is 8. The van der Waals surface area contributed by atoms with E-state index in [0.29, 0.717) is 42.7 Å². The second-order valence-electron chi connectivity index (χ2n) is 15.7. The smallest absolute Gasteiger partial charge is 0.369 e. The number of imide groups is 1. The number of carbonyl (C=O) groups excluding carboxylic acids is 2. The van der Waals surface area contributed by atoms with Crippen LogP contribution in [0.4, 0.5) is 40.7 Å². The molecule has 3 aliphatic heterocycles. The van der Waals surface area contributed by atoms with Gasteiger partial charge in [-0.05, 0) is 107 Å². The Bertz CT molecular complexity index is 1830. The molecule has 16 heteroatoms. The summed E-state index contributed by atoms with van der Waals surface area (Å²) in [6.45, 7) is 11.0. The molecule has 2 unspecified atom stereocenters. The summed E-state index contributed by atoms with van der Waals surface area (Å²) in [5.74, 6) is -0.409. The van der Waals surface area contributed by atoms with Crippen LogP contribution in [0.3, 0.4) is 0 Å². The lowest BCUT2D eigenvalue weighted by atomic mass is 9.88. The number of nitrogens with zero attached hydrogens (tertiary/aromatic N) is 6. The van der Waals surface area contributed by atoms with Crippen LogP contribution in [0.5, 0.6) is 0 Å². The minimum atomic E-state index is -4.51. The molecule has 7 rings (SSSR count).